The molecule has 1 aliphatic rings. The van der Waals surface area contributed by atoms with Gasteiger partial charge in [0.25, 0.3) is 0 Å². The van der Waals surface area contributed by atoms with Gasteiger partial charge in [-0.15, -0.1) is 0 Å². The summed E-state index contributed by atoms with van der Waals surface area (Å²) in [6.07, 6.45) is 3.49. The van der Waals surface area contributed by atoms with Crippen LogP contribution in [0.25, 0.3) is 6.08 Å². The van der Waals surface area contributed by atoms with Crippen LogP contribution in [-0.2, 0) is 9.53 Å². The van der Waals surface area contributed by atoms with E-state index >= 15 is 0 Å². The van der Waals surface area contributed by atoms with Crippen molar-refractivity contribution in [3.8, 4) is 11.5 Å². The minimum atomic E-state index is -0.589. The number of esters is 1. The first-order valence-electron chi connectivity index (χ1n) is 9.50. The lowest BCUT2D eigenvalue weighted by atomic mass is 10.1. The molecule has 0 aliphatic carbocycles. The minimum Gasteiger partial charge on any atom is -0.490 e. The van der Waals surface area contributed by atoms with Crippen molar-refractivity contribution in [1.29, 1.82) is 0 Å². The number of halogens is 3. The summed E-state index contributed by atoms with van der Waals surface area (Å²) in [4.78, 5) is 16.6. The average molecular weight is 469 g/mol. The topological polar surface area (TPSA) is 57.1 Å². The van der Waals surface area contributed by atoms with E-state index in [-0.39, 0.29) is 11.6 Å². The van der Waals surface area contributed by atoms with Gasteiger partial charge in [-0.3, -0.25) is 0 Å². The Hall–Kier alpha value is -2.21. The lowest BCUT2D eigenvalue weighted by Crippen LogP contribution is -2.06. The molecule has 0 amide bonds. The smallest absolute Gasteiger partial charge is 0.363 e. The van der Waals surface area contributed by atoms with E-state index in [9.17, 15) is 4.79 Å². The first kappa shape index (κ1) is 22.5. The lowest BCUT2D eigenvalue weighted by Gasteiger charge is -2.14. The summed E-state index contributed by atoms with van der Waals surface area (Å²) in [6, 6.07) is 8.29. The summed E-state index contributed by atoms with van der Waals surface area (Å²) in [5, 5.41) is 1.20. The van der Waals surface area contributed by atoms with Crippen molar-refractivity contribution in [1.82, 2.24) is 0 Å². The standard InChI is InChI=1S/C22H20Cl3NO4/c1-3-5-8-29-20-17(25)9-13(11-19(20)28-4-2)10-18-22(27)30-21(26-18)15-7-6-14(23)12-16(15)24/h6-7,9-12H,3-5,8H2,1-2H3/b18-10-. The molecular weight excluding hydrogens is 449 g/mol. The molecule has 0 unspecified atom stereocenters. The molecule has 0 radical (unpaired) electrons. The summed E-state index contributed by atoms with van der Waals surface area (Å²) in [5.41, 5.74) is 1.23. The van der Waals surface area contributed by atoms with Crippen LogP contribution in [0.2, 0.25) is 15.1 Å². The fourth-order valence-corrected chi connectivity index (χ4v) is 3.50. The van der Waals surface area contributed by atoms with Crippen LogP contribution in [0.3, 0.4) is 0 Å². The van der Waals surface area contributed by atoms with E-state index in [1.807, 2.05) is 6.92 Å². The van der Waals surface area contributed by atoms with E-state index in [2.05, 4.69) is 11.9 Å². The summed E-state index contributed by atoms with van der Waals surface area (Å²) < 4.78 is 16.7. The molecule has 0 atom stereocenters. The third-order valence-corrected chi connectivity index (χ3v) is 4.99. The molecule has 8 heteroatoms. The number of cyclic esters (lactones) is 1. The van der Waals surface area contributed by atoms with Crippen LogP contribution >= 0.6 is 34.8 Å². The van der Waals surface area contributed by atoms with E-state index in [0.29, 0.717) is 50.9 Å². The number of rotatable bonds is 8. The zero-order valence-electron chi connectivity index (χ0n) is 16.5. The monoisotopic (exact) mass is 467 g/mol. The maximum Gasteiger partial charge on any atom is 0.363 e. The Labute approximate surface area is 190 Å². The van der Waals surface area contributed by atoms with Crippen molar-refractivity contribution in [3.63, 3.8) is 0 Å². The minimum absolute atomic E-state index is 0.114. The number of ether oxygens (including phenoxy) is 3. The van der Waals surface area contributed by atoms with Crippen molar-refractivity contribution in [2.45, 2.75) is 26.7 Å². The molecule has 0 N–H and O–H groups in total. The molecule has 30 heavy (non-hydrogen) atoms. The first-order chi connectivity index (χ1) is 14.4. The number of carbonyl (C=O) groups is 1. The van der Waals surface area contributed by atoms with Crippen molar-refractivity contribution >= 4 is 52.7 Å². The summed E-state index contributed by atoms with van der Waals surface area (Å²) >= 11 is 18.5. The van der Waals surface area contributed by atoms with Crippen LogP contribution in [0.1, 0.15) is 37.8 Å². The van der Waals surface area contributed by atoms with E-state index in [0.717, 1.165) is 12.8 Å². The third-order valence-electron chi connectivity index (χ3n) is 4.16. The molecule has 3 rings (SSSR count). The van der Waals surface area contributed by atoms with Crippen LogP contribution in [0.15, 0.2) is 41.0 Å². The van der Waals surface area contributed by atoms with Crippen molar-refractivity contribution < 1.29 is 19.0 Å². The summed E-state index contributed by atoms with van der Waals surface area (Å²) in [6.45, 7) is 4.93. The Morgan fingerprint density at radius 1 is 1.07 bits per heavy atom. The highest BCUT2D eigenvalue weighted by Gasteiger charge is 2.26. The number of benzene rings is 2. The van der Waals surface area contributed by atoms with Gasteiger partial charge in [-0.2, -0.15) is 0 Å². The lowest BCUT2D eigenvalue weighted by molar-refractivity contribution is -0.129. The molecular formula is C22H20Cl3NO4. The predicted molar refractivity (Wildman–Crippen MR) is 120 cm³/mol. The Kier molecular flexibility index (Phi) is 7.64. The number of nitrogens with zero attached hydrogens (tertiary/aromatic N) is 1. The average Bonchev–Trinajstić information content (AvgIpc) is 3.04. The Balaban J connectivity index is 1.93. The molecule has 5 nitrogen and oxygen atoms in total. The second-order valence-electron chi connectivity index (χ2n) is 6.43. The second-order valence-corrected chi connectivity index (χ2v) is 7.68. The van der Waals surface area contributed by atoms with Gasteiger partial charge in [0, 0.05) is 5.02 Å². The maximum atomic E-state index is 12.3. The van der Waals surface area contributed by atoms with Gasteiger partial charge >= 0.3 is 5.97 Å². The van der Waals surface area contributed by atoms with Crippen molar-refractivity contribution in [2.75, 3.05) is 13.2 Å². The van der Waals surface area contributed by atoms with Crippen molar-refractivity contribution in [2.24, 2.45) is 4.99 Å². The molecule has 2 aromatic carbocycles. The molecule has 0 fully saturated rings. The molecule has 0 aromatic heterocycles. The van der Waals surface area contributed by atoms with Crippen LogP contribution in [0.5, 0.6) is 11.5 Å². The molecule has 158 valence electrons. The molecule has 0 saturated heterocycles. The largest absolute Gasteiger partial charge is 0.490 e. The number of hydrogen-bond acceptors (Lipinski definition) is 5. The van der Waals surface area contributed by atoms with E-state index in [4.69, 9.17) is 49.0 Å². The van der Waals surface area contributed by atoms with E-state index < -0.39 is 5.97 Å². The van der Waals surface area contributed by atoms with Crippen LogP contribution < -0.4 is 9.47 Å². The molecule has 0 spiro atoms. The van der Waals surface area contributed by atoms with Crippen LogP contribution in [-0.4, -0.2) is 25.1 Å². The van der Waals surface area contributed by atoms with Gasteiger partial charge in [0.2, 0.25) is 5.90 Å². The summed E-state index contributed by atoms with van der Waals surface area (Å²) in [5.74, 6) is 0.515. The van der Waals surface area contributed by atoms with Crippen LogP contribution in [0.4, 0.5) is 0 Å². The molecule has 0 bridgehead atoms. The molecule has 1 aliphatic heterocycles. The normalized spacial score (nSPS) is 14.6. The fourth-order valence-electron chi connectivity index (χ4n) is 2.74. The maximum absolute atomic E-state index is 12.3. The van der Waals surface area contributed by atoms with Gasteiger partial charge in [-0.25, -0.2) is 9.79 Å². The molecule has 1 heterocycles. The number of hydrogen-bond donors (Lipinski definition) is 0. The molecule has 2 aromatic rings. The van der Waals surface area contributed by atoms with Gasteiger partial charge in [-0.1, -0.05) is 48.1 Å². The Bertz CT molecular complexity index is 1020. The first-order valence-corrected chi connectivity index (χ1v) is 10.6. The van der Waals surface area contributed by atoms with Crippen LogP contribution in [0, 0.1) is 0 Å². The van der Waals surface area contributed by atoms with E-state index in [1.54, 1.807) is 36.4 Å². The number of unbranched alkanes of at least 4 members (excludes halogenated alkanes) is 1. The van der Waals surface area contributed by atoms with Gasteiger partial charge in [-0.05, 0) is 55.3 Å². The van der Waals surface area contributed by atoms with Gasteiger partial charge < -0.3 is 14.2 Å². The number of carbonyl (C=O) groups excluding carboxylic acids is 1. The zero-order valence-corrected chi connectivity index (χ0v) is 18.8. The summed E-state index contributed by atoms with van der Waals surface area (Å²) in [7, 11) is 0. The molecule has 0 saturated carbocycles. The highest BCUT2D eigenvalue weighted by Crippen LogP contribution is 2.38. The van der Waals surface area contributed by atoms with Gasteiger partial charge in [0.1, 0.15) is 0 Å². The van der Waals surface area contributed by atoms with Crippen molar-refractivity contribution in [3.05, 3.63) is 62.2 Å². The SMILES string of the molecule is CCCCOc1c(Cl)cc(/C=C2\N=C(c3ccc(Cl)cc3Cl)OC2=O)cc1OCC. The highest BCUT2D eigenvalue weighted by molar-refractivity contribution is 6.37. The Morgan fingerprint density at radius 3 is 2.57 bits per heavy atom. The fraction of sp³-hybridized carbons (Fsp3) is 0.273. The van der Waals surface area contributed by atoms with E-state index in [1.165, 1.54) is 0 Å². The highest BCUT2D eigenvalue weighted by atomic mass is 35.5. The third kappa shape index (κ3) is 5.28. The zero-order chi connectivity index (χ0) is 21.7. The van der Waals surface area contributed by atoms with Gasteiger partial charge in [0.05, 0.1) is 28.8 Å². The Morgan fingerprint density at radius 2 is 1.87 bits per heavy atom. The predicted octanol–water partition coefficient (Wildman–Crippen LogP) is 6.57. The number of aliphatic imine (C=N–C) groups is 1. The second kappa shape index (κ2) is 10.2. The van der Waals surface area contributed by atoms with Gasteiger partial charge in [0.15, 0.2) is 17.2 Å². The quantitative estimate of drug-likeness (QED) is 0.250.